The molecule has 0 aromatic heterocycles. The smallest absolute Gasteiger partial charge is 0.254 e. The fourth-order valence-electron chi connectivity index (χ4n) is 4.03. The molecule has 0 saturated carbocycles. The van der Waals surface area contributed by atoms with Crippen molar-refractivity contribution in [1.82, 2.24) is 15.1 Å². The Balaban J connectivity index is 1.79. The molecule has 0 spiro atoms. The van der Waals surface area contributed by atoms with Crippen LogP contribution in [0.4, 0.5) is 0 Å². The molecular formula is C18H23N3O3. The molecule has 128 valence electrons. The van der Waals surface area contributed by atoms with E-state index in [0.717, 1.165) is 5.56 Å². The van der Waals surface area contributed by atoms with Crippen LogP contribution in [0.25, 0.3) is 0 Å². The van der Waals surface area contributed by atoms with Gasteiger partial charge >= 0.3 is 0 Å². The molecule has 2 saturated heterocycles. The first-order valence-corrected chi connectivity index (χ1v) is 8.29. The molecule has 3 rings (SSSR count). The lowest BCUT2D eigenvalue weighted by Crippen LogP contribution is -2.49. The van der Waals surface area contributed by atoms with E-state index >= 15 is 0 Å². The topological polar surface area (TPSA) is 69.7 Å². The normalized spacial score (nSPS) is 25.5. The van der Waals surface area contributed by atoms with Crippen LogP contribution in [0.2, 0.25) is 0 Å². The maximum Gasteiger partial charge on any atom is 0.254 e. The van der Waals surface area contributed by atoms with Gasteiger partial charge in [-0.15, -0.1) is 0 Å². The molecule has 2 heterocycles. The molecule has 2 aliphatic heterocycles. The van der Waals surface area contributed by atoms with Crippen molar-refractivity contribution < 1.29 is 14.4 Å². The van der Waals surface area contributed by atoms with Gasteiger partial charge in [0.25, 0.3) is 5.91 Å². The SMILES string of the molecule is CNC(=O)[C@@H]1C[C@H]2CN(C(=O)c3ccccc3C)C[C@H]2N1C(C)=O. The monoisotopic (exact) mass is 329 g/mol. The average Bonchev–Trinajstić information content (AvgIpc) is 3.11. The standard InChI is InChI=1S/C18H23N3O3/c1-11-6-4-5-7-14(11)18(24)20-9-13-8-15(17(23)19-3)21(12(2)22)16(13)10-20/h4-7,13,15-16H,8-10H2,1-3H3,(H,19,23)/t13-,15-,16+/m0/s1. The highest BCUT2D eigenvalue weighted by Gasteiger charge is 2.50. The number of carbonyl (C=O) groups is 3. The van der Waals surface area contributed by atoms with Gasteiger partial charge in [0.1, 0.15) is 6.04 Å². The number of amides is 3. The Kier molecular flexibility index (Phi) is 4.30. The van der Waals surface area contributed by atoms with Crippen molar-refractivity contribution in [1.29, 1.82) is 0 Å². The summed E-state index contributed by atoms with van der Waals surface area (Å²) in [6, 6.07) is 7.04. The molecular weight excluding hydrogens is 306 g/mol. The number of nitrogens with zero attached hydrogens (tertiary/aromatic N) is 2. The highest BCUT2D eigenvalue weighted by atomic mass is 16.2. The molecule has 3 amide bonds. The third kappa shape index (κ3) is 2.66. The van der Waals surface area contributed by atoms with Crippen LogP contribution in [0, 0.1) is 12.8 Å². The largest absolute Gasteiger partial charge is 0.357 e. The number of benzene rings is 1. The Bertz CT molecular complexity index is 688. The predicted molar refractivity (Wildman–Crippen MR) is 89.4 cm³/mol. The van der Waals surface area contributed by atoms with Crippen molar-refractivity contribution in [3.63, 3.8) is 0 Å². The van der Waals surface area contributed by atoms with Crippen molar-refractivity contribution >= 4 is 17.7 Å². The van der Waals surface area contributed by atoms with E-state index in [9.17, 15) is 14.4 Å². The number of nitrogens with one attached hydrogen (secondary N) is 1. The molecule has 1 aromatic carbocycles. The number of likely N-dealkylation sites (tertiary alicyclic amines) is 2. The second-order valence-corrected chi connectivity index (χ2v) is 6.64. The van der Waals surface area contributed by atoms with E-state index in [0.29, 0.717) is 25.1 Å². The molecule has 2 fully saturated rings. The molecule has 2 aliphatic rings. The van der Waals surface area contributed by atoms with Gasteiger partial charge in [-0.2, -0.15) is 0 Å². The van der Waals surface area contributed by atoms with E-state index < -0.39 is 6.04 Å². The Hall–Kier alpha value is -2.37. The third-order valence-electron chi connectivity index (χ3n) is 5.20. The van der Waals surface area contributed by atoms with Gasteiger partial charge < -0.3 is 15.1 Å². The van der Waals surface area contributed by atoms with Crippen LogP contribution in [0.1, 0.15) is 29.3 Å². The Labute approximate surface area is 141 Å². The van der Waals surface area contributed by atoms with Gasteiger partial charge in [0.2, 0.25) is 11.8 Å². The number of hydrogen-bond donors (Lipinski definition) is 1. The summed E-state index contributed by atoms with van der Waals surface area (Å²) in [6.07, 6.45) is 0.613. The molecule has 1 aromatic rings. The Morgan fingerprint density at radius 1 is 1.17 bits per heavy atom. The first-order valence-electron chi connectivity index (χ1n) is 8.29. The Morgan fingerprint density at radius 3 is 2.50 bits per heavy atom. The summed E-state index contributed by atoms with van der Waals surface area (Å²) >= 11 is 0. The molecule has 6 heteroatoms. The fraction of sp³-hybridized carbons (Fsp3) is 0.500. The lowest BCUT2D eigenvalue weighted by atomic mass is 10.0. The van der Waals surface area contributed by atoms with Crippen molar-refractivity contribution in [2.45, 2.75) is 32.4 Å². The molecule has 1 N–H and O–H groups in total. The fourth-order valence-corrected chi connectivity index (χ4v) is 4.03. The van der Waals surface area contributed by atoms with E-state index in [4.69, 9.17) is 0 Å². The number of rotatable bonds is 2. The van der Waals surface area contributed by atoms with Crippen molar-refractivity contribution in [2.75, 3.05) is 20.1 Å². The second kappa shape index (κ2) is 6.26. The summed E-state index contributed by atoms with van der Waals surface area (Å²) in [5.74, 6) is -0.0793. The highest BCUT2D eigenvalue weighted by molar-refractivity contribution is 5.96. The Morgan fingerprint density at radius 2 is 1.88 bits per heavy atom. The van der Waals surface area contributed by atoms with Crippen molar-refractivity contribution in [3.05, 3.63) is 35.4 Å². The summed E-state index contributed by atoms with van der Waals surface area (Å²) in [6.45, 7) is 4.50. The molecule has 24 heavy (non-hydrogen) atoms. The van der Waals surface area contributed by atoms with Crippen LogP contribution in [0.5, 0.6) is 0 Å². The molecule has 6 nitrogen and oxygen atoms in total. The first kappa shape index (κ1) is 16.5. The van der Waals surface area contributed by atoms with Gasteiger partial charge in [-0.3, -0.25) is 14.4 Å². The van der Waals surface area contributed by atoms with E-state index in [-0.39, 0.29) is 29.7 Å². The summed E-state index contributed by atoms with van der Waals surface area (Å²) in [7, 11) is 1.59. The molecule has 0 bridgehead atoms. The maximum absolute atomic E-state index is 12.8. The van der Waals surface area contributed by atoms with Crippen molar-refractivity contribution in [3.8, 4) is 0 Å². The van der Waals surface area contributed by atoms with Crippen molar-refractivity contribution in [2.24, 2.45) is 5.92 Å². The van der Waals surface area contributed by atoms with Crippen LogP contribution in [0.15, 0.2) is 24.3 Å². The zero-order chi connectivity index (χ0) is 17.4. The van der Waals surface area contributed by atoms with E-state index in [1.807, 2.05) is 36.1 Å². The maximum atomic E-state index is 12.8. The second-order valence-electron chi connectivity index (χ2n) is 6.64. The summed E-state index contributed by atoms with van der Waals surface area (Å²) < 4.78 is 0. The van der Waals surface area contributed by atoms with E-state index in [1.54, 1.807) is 11.9 Å². The first-order chi connectivity index (χ1) is 11.4. The predicted octanol–water partition coefficient (Wildman–Crippen LogP) is 0.802. The zero-order valence-corrected chi connectivity index (χ0v) is 14.3. The lowest BCUT2D eigenvalue weighted by Gasteiger charge is -2.29. The van der Waals surface area contributed by atoms with Gasteiger partial charge in [-0.05, 0) is 25.0 Å². The minimum Gasteiger partial charge on any atom is -0.357 e. The minimum atomic E-state index is -0.418. The third-order valence-corrected chi connectivity index (χ3v) is 5.20. The number of carbonyl (C=O) groups excluding carboxylic acids is 3. The summed E-state index contributed by atoms with van der Waals surface area (Å²) in [5, 5.41) is 2.63. The van der Waals surface area contributed by atoms with Gasteiger partial charge in [0.05, 0.1) is 6.04 Å². The number of likely N-dealkylation sites (N-methyl/N-ethyl adjacent to an activating group) is 1. The van der Waals surface area contributed by atoms with Crippen LogP contribution >= 0.6 is 0 Å². The summed E-state index contributed by atoms with van der Waals surface area (Å²) in [4.78, 5) is 40.4. The number of fused-ring (bicyclic) bond motifs is 1. The average molecular weight is 329 g/mol. The van der Waals surface area contributed by atoms with Crippen LogP contribution in [0.3, 0.4) is 0 Å². The van der Waals surface area contributed by atoms with Crippen LogP contribution in [-0.4, -0.2) is 59.7 Å². The molecule has 3 atom stereocenters. The zero-order valence-electron chi connectivity index (χ0n) is 14.3. The van der Waals surface area contributed by atoms with Gasteiger partial charge in [0.15, 0.2) is 0 Å². The van der Waals surface area contributed by atoms with Gasteiger partial charge in [0, 0.05) is 38.5 Å². The van der Waals surface area contributed by atoms with Crippen LogP contribution < -0.4 is 5.32 Å². The molecule has 0 unspecified atom stereocenters. The lowest BCUT2D eigenvalue weighted by molar-refractivity contribution is -0.138. The quantitative estimate of drug-likeness (QED) is 0.873. The number of aryl methyl sites for hydroxylation is 1. The van der Waals surface area contributed by atoms with Gasteiger partial charge in [-0.1, -0.05) is 18.2 Å². The molecule has 0 aliphatic carbocycles. The highest BCUT2D eigenvalue weighted by Crippen LogP contribution is 2.36. The van der Waals surface area contributed by atoms with Gasteiger partial charge in [-0.25, -0.2) is 0 Å². The molecule has 0 radical (unpaired) electrons. The minimum absolute atomic E-state index is 0.00231. The number of hydrogen-bond acceptors (Lipinski definition) is 3. The summed E-state index contributed by atoms with van der Waals surface area (Å²) in [5.41, 5.74) is 1.65. The van der Waals surface area contributed by atoms with E-state index in [1.165, 1.54) is 6.92 Å². The van der Waals surface area contributed by atoms with E-state index in [2.05, 4.69) is 5.32 Å². The van der Waals surface area contributed by atoms with Crippen LogP contribution in [-0.2, 0) is 9.59 Å².